The Morgan fingerprint density at radius 1 is 1.16 bits per heavy atom. The zero-order chi connectivity index (χ0) is 31.4. The van der Waals surface area contributed by atoms with Crippen LogP contribution >= 0.6 is 0 Å². The molecule has 2 aromatic heterocycles. The first kappa shape index (κ1) is 30.5. The summed E-state index contributed by atoms with van der Waals surface area (Å²) < 4.78 is 47.6. The van der Waals surface area contributed by atoms with E-state index in [2.05, 4.69) is 15.3 Å². The normalized spacial score (nSPS) is 18.9. The van der Waals surface area contributed by atoms with Crippen molar-refractivity contribution in [2.45, 2.75) is 63.1 Å². The van der Waals surface area contributed by atoms with Crippen LogP contribution in [0.15, 0.2) is 61.1 Å². The van der Waals surface area contributed by atoms with Gasteiger partial charge in [0.05, 0.1) is 36.3 Å². The fourth-order valence-corrected chi connectivity index (χ4v) is 5.54. The summed E-state index contributed by atoms with van der Waals surface area (Å²) in [4.78, 5) is 52.0. The van der Waals surface area contributed by atoms with Crippen molar-refractivity contribution in [1.29, 1.82) is 5.26 Å². The third-order valence-corrected chi connectivity index (χ3v) is 7.79. The quantitative estimate of drug-likeness (QED) is 0.402. The molecule has 3 heterocycles. The number of nitrogens with zero attached hydrogens (tertiary/aromatic N) is 5. The summed E-state index contributed by atoms with van der Waals surface area (Å²) in [7, 11) is 0. The smallest absolute Gasteiger partial charge is 0.416 e. The lowest BCUT2D eigenvalue weighted by Gasteiger charge is -2.39. The summed E-state index contributed by atoms with van der Waals surface area (Å²) in [6.45, 7) is 1.61. The second kappa shape index (κ2) is 12.7. The number of benzene rings is 1. The largest absolute Gasteiger partial charge is 0.449 e. The number of aromatic nitrogens is 2. The SMILES string of the molecule is Cc1ccccc1C(C(=O)NC1CCC(F)(F)CC1)N(C(=O)[C@@H]1CCOC(=O)N1c1cc(C#N)ccn1)c1cncc(F)c1. The first-order valence-corrected chi connectivity index (χ1v) is 14.1. The van der Waals surface area contributed by atoms with Crippen LogP contribution in [0.5, 0.6) is 0 Å². The number of nitriles is 1. The fourth-order valence-electron chi connectivity index (χ4n) is 5.54. The number of pyridine rings is 2. The summed E-state index contributed by atoms with van der Waals surface area (Å²) in [5.74, 6) is -5.05. The molecule has 13 heteroatoms. The minimum absolute atomic E-state index is 0.0118. The Labute approximate surface area is 251 Å². The van der Waals surface area contributed by atoms with Crippen molar-refractivity contribution in [2.75, 3.05) is 16.4 Å². The number of hydrogen-bond donors (Lipinski definition) is 1. The van der Waals surface area contributed by atoms with Crippen LogP contribution in [0.1, 0.15) is 54.8 Å². The summed E-state index contributed by atoms with van der Waals surface area (Å²) in [6.07, 6.45) is 1.86. The molecule has 1 saturated carbocycles. The number of cyclic esters (lactones) is 1. The summed E-state index contributed by atoms with van der Waals surface area (Å²) in [5.41, 5.74) is 1.15. The monoisotopic (exact) mass is 606 g/mol. The Balaban J connectivity index is 1.61. The van der Waals surface area contributed by atoms with Crippen LogP contribution in [-0.4, -0.2) is 52.5 Å². The van der Waals surface area contributed by atoms with Gasteiger partial charge in [0.2, 0.25) is 11.8 Å². The molecule has 2 atom stereocenters. The number of hydrogen-bond acceptors (Lipinski definition) is 7. The van der Waals surface area contributed by atoms with E-state index in [0.717, 1.165) is 22.1 Å². The van der Waals surface area contributed by atoms with E-state index in [4.69, 9.17) is 4.74 Å². The van der Waals surface area contributed by atoms with Gasteiger partial charge in [0.15, 0.2) is 0 Å². The van der Waals surface area contributed by atoms with Crippen LogP contribution in [0.2, 0.25) is 0 Å². The average Bonchev–Trinajstić information content (AvgIpc) is 3.01. The molecule has 1 N–H and O–H groups in total. The van der Waals surface area contributed by atoms with Crippen LogP contribution in [0.25, 0.3) is 0 Å². The zero-order valence-corrected chi connectivity index (χ0v) is 23.8. The van der Waals surface area contributed by atoms with Gasteiger partial charge >= 0.3 is 6.09 Å². The van der Waals surface area contributed by atoms with Crippen molar-refractivity contribution in [1.82, 2.24) is 15.3 Å². The summed E-state index contributed by atoms with van der Waals surface area (Å²) in [6, 6.07) is 9.34. The molecule has 1 unspecified atom stereocenters. The van der Waals surface area contributed by atoms with Gasteiger partial charge in [0.1, 0.15) is 23.7 Å². The van der Waals surface area contributed by atoms with E-state index in [-0.39, 0.29) is 42.9 Å². The highest BCUT2D eigenvalue weighted by atomic mass is 19.3. The molecular formula is C31H29F3N6O4. The molecule has 3 aromatic rings. The minimum atomic E-state index is -2.82. The molecular weight excluding hydrogens is 577 g/mol. The number of rotatable bonds is 7. The van der Waals surface area contributed by atoms with Crippen molar-refractivity contribution < 1.29 is 32.3 Å². The molecule has 44 heavy (non-hydrogen) atoms. The Kier molecular flexibility index (Phi) is 8.80. The van der Waals surface area contributed by atoms with Gasteiger partial charge in [0.25, 0.3) is 5.91 Å². The number of halogens is 3. The number of amides is 3. The van der Waals surface area contributed by atoms with Crippen LogP contribution in [0, 0.1) is 24.1 Å². The van der Waals surface area contributed by atoms with Gasteiger partial charge in [-0.15, -0.1) is 0 Å². The third kappa shape index (κ3) is 6.49. The van der Waals surface area contributed by atoms with Gasteiger partial charge in [0, 0.05) is 37.6 Å². The Bertz CT molecular complexity index is 1600. The number of aryl methyl sites for hydroxylation is 1. The van der Waals surface area contributed by atoms with E-state index in [1.807, 2.05) is 6.07 Å². The van der Waals surface area contributed by atoms with Gasteiger partial charge in [-0.2, -0.15) is 5.26 Å². The molecule has 2 aliphatic rings. The number of alkyl halides is 2. The first-order valence-electron chi connectivity index (χ1n) is 14.1. The van der Waals surface area contributed by atoms with Crippen LogP contribution in [0.3, 0.4) is 0 Å². The van der Waals surface area contributed by atoms with E-state index in [1.165, 1.54) is 24.5 Å². The van der Waals surface area contributed by atoms with Gasteiger partial charge < -0.3 is 10.1 Å². The molecule has 5 rings (SSSR count). The molecule has 1 aliphatic carbocycles. The second-order valence-electron chi connectivity index (χ2n) is 10.8. The third-order valence-electron chi connectivity index (χ3n) is 7.79. The highest BCUT2D eigenvalue weighted by molar-refractivity contribution is 6.08. The molecule has 0 spiro atoms. The van der Waals surface area contributed by atoms with Gasteiger partial charge in [-0.05, 0) is 43.0 Å². The van der Waals surface area contributed by atoms with Crippen molar-refractivity contribution >= 4 is 29.4 Å². The van der Waals surface area contributed by atoms with Gasteiger partial charge in [-0.3, -0.25) is 19.5 Å². The molecule has 1 aliphatic heterocycles. The van der Waals surface area contributed by atoms with Crippen molar-refractivity contribution in [3.63, 3.8) is 0 Å². The standard InChI is InChI=1S/C31H29F3N6O4/c1-19-4-2-3-5-24(19)27(28(41)38-22-6-10-31(33,34)11-7-22)39(23-15-21(32)17-36-18-23)29(42)25-9-13-44-30(43)40(25)26-14-20(16-35)8-12-37-26/h2-5,8,12,14-15,17-18,22,25,27H,6-7,9-11,13H2,1H3,(H,38,41)/t25-,27?/m0/s1. The summed E-state index contributed by atoms with van der Waals surface area (Å²) in [5, 5.41) is 12.2. The molecule has 1 aromatic carbocycles. The molecule has 10 nitrogen and oxygen atoms in total. The number of anilines is 2. The van der Waals surface area contributed by atoms with Crippen molar-refractivity contribution in [2.24, 2.45) is 0 Å². The molecule has 0 bridgehead atoms. The summed E-state index contributed by atoms with van der Waals surface area (Å²) >= 11 is 0. The highest BCUT2D eigenvalue weighted by Crippen LogP contribution is 2.36. The van der Waals surface area contributed by atoms with Crippen molar-refractivity contribution in [3.05, 3.63) is 83.6 Å². The highest BCUT2D eigenvalue weighted by Gasteiger charge is 2.44. The maximum atomic E-state index is 14.7. The van der Waals surface area contributed by atoms with Crippen LogP contribution in [0.4, 0.5) is 29.5 Å². The number of ether oxygens (including phenoxy) is 1. The van der Waals surface area contributed by atoms with Gasteiger partial charge in [-0.25, -0.2) is 27.8 Å². The first-order chi connectivity index (χ1) is 21.1. The minimum Gasteiger partial charge on any atom is -0.449 e. The van der Waals surface area contributed by atoms with E-state index < -0.39 is 60.6 Å². The van der Waals surface area contributed by atoms with Crippen molar-refractivity contribution in [3.8, 4) is 6.07 Å². The lowest BCUT2D eigenvalue weighted by Crippen LogP contribution is -2.57. The predicted molar refractivity (Wildman–Crippen MR) is 152 cm³/mol. The molecule has 3 amide bonds. The Morgan fingerprint density at radius 3 is 2.61 bits per heavy atom. The Hall–Kier alpha value is -4.99. The zero-order valence-electron chi connectivity index (χ0n) is 23.8. The van der Waals surface area contributed by atoms with E-state index in [1.54, 1.807) is 31.2 Å². The predicted octanol–water partition coefficient (Wildman–Crippen LogP) is 4.98. The van der Waals surface area contributed by atoms with E-state index in [0.29, 0.717) is 11.1 Å². The topological polar surface area (TPSA) is 129 Å². The maximum absolute atomic E-state index is 14.7. The number of carbonyl (C=O) groups excluding carboxylic acids is 3. The lowest BCUT2D eigenvalue weighted by atomic mass is 9.91. The number of carbonyl (C=O) groups is 3. The average molecular weight is 607 g/mol. The van der Waals surface area contributed by atoms with E-state index in [9.17, 15) is 32.8 Å². The van der Waals surface area contributed by atoms with Gasteiger partial charge in [-0.1, -0.05) is 24.3 Å². The fraction of sp³-hybridized carbons (Fsp3) is 0.355. The Morgan fingerprint density at radius 2 is 1.91 bits per heavy atom. The lowest BCUT2D eigenvalue weighted by molar-refractivity contribution is -0.128. The molecule has 2 fully saturated rings. The van der Waals surface area contributed by atoms with Crippen LogP contribution < -0.4 is 15.1 Å². The molecule has 1 saturated heterocycles. The second-order valence-corrected chi connectivity index (χ2v) is 10.8. The van der Waals surface area contributed by atoms with Crippen LogP contribution in [-0.2, 0) is 14.3 Å². The van der Waals surface area contributed by atoms with E-state index >= 15 is 0 Å². The molecule has 228 valence electrons. The maximum Gasteiger partial charge on any atom is 0.416 e. The molecule has 0 radical (unpaired) electrons. The number of nitrogens with one attached hydrogen (secondary N) is 1.